The number of aliphatic hydroxyl groups is 2. The second-order valence-corrected chi connectivity index (χ2v) is 8.35. The molecule has 0 fully saturated rings. The van der Waals surface area contributed by atoms with Crippen molar-refractivity contribution in [2.45, 2.75) is 19.9 Å². The lowest BCUT2D eigenvalue weighted by Gasteiger charge is -2.30. The highest BCUT2D eigenvalue weighted by Gasteiger charge is 2.48. The first kappa shape index (κ1) is 21.1. The Morgan fingerprint density at radius 1 is 1.17 bits per heavy atom. The zero-order valence-electron chi connectivity index (χ0n) is 16.3. The SMILES string of the molecule is COc1ccccc1C1C(C(=O)C(C)(C)CO)=C(O)C(=O)N1c1ccc(Br)cc1. The molecule has 0 aromatic heterocycles. The predicted molar refractivity (Wildman–Crippen MR) is 113 cm³/mol. The fourth-order valence-electron chi connectivity index (χ4n) is 3.33. The van der Waals surface area contributed by atoms with Gasteiger partial charge in [0.1, 0.15) is 5.75 Å². The Labute approximate surface area is 177 Å². The third-order valence-electron chi connectivity index (χ3n) is 5.00. The van der Waals surface area contributed by atoms with E-state index in [2.05, 4.69) is 15.9 Å². The molecule has 1 aliphatic heterocycles. The number of amides is 1. The van der Waals surface area contributed by atoms with E-state index < -0.39 is 35.5 Å². The van der Waals surface area contributed by atoms with E-state index in [0.29, 0.717) is 17.0 Å². The molecule has 2 aromatic rings. The molecule has 6 nitrogen and oxygen atoms in total. The fraction of sp³-hybridized carbons (Fsp3) is 0.273. The van der Waals surface area contributed by atoms with Crippen LogP contribution in [0.4, 0.5) is 5.69 Å². The minimum Gasteiger partial charge on any atom is -0.503 e. The molecule has 0 saturated carbocycles. The van der Waals surface area contributed by atoms with Crippen molar-refractivity contribution in [3.63, 3.8) is 0 Å². The summed E-state index contributed by atoms with van der Waals surface area (Å²) in [5, 5.41) is 20.4. The first-order chi connectivity index (χ1) is 13.7. The number of aliphatic hydroxyl groups excluding tert-OH is 2. The number of benzene rings is 2. The Kier molecular flexibility index (Phi) is 5.82. The molecule has 2 N–H and O–H groups in total. The number of ether oxygens (including phenoxy) is 1. The Morgan fingerprint density at radius 2 is 1.79 bits per heavy atom. The molecule has 3 rings (SSSR count). The number of hydrogen-bond donors (Lipinski definition) is 2. The highest BCUT2D eigenvalue weighted by Crippen LogP contribution is 2.45. The molecule has 152 valence electrons. The van der Waals surface area contributed by atoms with E-state index in [-0.39, 0.29) is 5.57 Å². The highest BCUT2D eigenvalue weighted by molar-refractivity contribution is 9.10. The van der Waals surface area contributed by atoms with Crippen molar-refractivity contribution in [2.24, 2.45) is 5.41 Å². The van der Waals surface area contributed by atoms with Gasteiger partial charge in [-0.05, 0) is 30.3 Å². The number of carbonyl (C=O) groups excluding carboxylic acids is 2. The van der Waals surface area contributed by atoms with E-state index in [9.17, 15) is 19.8 Å². The minimum atomic E-state index is -1.17. The van der Waals surface area contributed by atoms with Crippen molar-refractivity contribution >= 4 is 33.3 Å². The number of methoxy groups -OCH3 is 1. The van der Waals surface area contributed by atoms with Crippen LogP contribution in [0.25, 0.3) is 0 Å². The number of ketones is 1. The van der Waals surface area contributed by atoms with Gasteiger partial charge in [0.15, 0.2) is 11.5 Å². The largest absolute Gasteiger partial charge is 0.503 e. The summed E-state index contributed by atoms with van der Waals surface area (Å²) in [5.74, 6) is -1.31. The quantitative estimate of drug-likeness (QED) is 0.682. The van der Waals surface area contributed by atoms with Crippen molar-refractivity contribution in [2.75, 3.05) is 18.6 Å². The summed E-state index contributed by atoms with van der Waals surface area (Å²) >= 11 is 3.37. The number of anilines is 1. The Hall–Kier alpha value is -2.64. The average Bonchev–Trinajstić information content (AvgIpc) is 2.98. The summed E-state index contributed by atoms with van der Waals surface area (Å²) in [4.78, 5) is 27.7. The average molecular weight is 460 g/mol. The van der Waals surface area contributed by atoms with E-state index in [0.717, 1.165) is 4.47 Å². The van der Waals surface area contributed by atoms with Crippen LogP contribution in [0, 0.1) is 5.41 Å². The van der Waals surface area contributed by atoms with Gasteiger partial charge in [-0.3, -0.25) is 14.5 Å². The van der Waals surface area contributed by atoms with E-state index in [4.69, 9.17) is 4.74 Å². The van der Waals surface area contributed by atoms with Crippen LogP contribution in [0.5, 0.6) is 5.75 Å². The molecule has 29 heavy (non-hydrogen) atoms. The highest BCUT2D eigenvalue weighted by atomic mass is 79.9. The standard InChI is InChI=1S/C22H22BrNO5/c1-22(2,12-25)20(27)17-18(15-6-4-5-7-16(15)29-3)24(21(28)19(17)26)14-10-8-13(23)9-11-14/h4-11,18,25-26H,12H2,1-3H3. The molecular weight excluding hydrogens is 438 g/mol. The summed E-state index contributed by atoms with van der Waals surface area (Å²) in [6, 6.07) is 13.1. The molecular formula is C22H22BrNO5. The van der Waals surface area contributed by atoms with Crippen LogP contribution in [0.2, 0.25) is 0 Å². The third kappa shape index (κ3) is 3.68. The minimum absolute atomic E-state index is 0.0542. The molecule has 1 amide bonds. The van der Waals surface area contributed by atoms with Gasteiger partial charge >= 0.3 is 0 Å². The van der Waals surface area contributed by atoms with Crippen LogP contribution in [0.15, 0.2) is 64.3 Å². The number of hydrogen-bond acceptors (Lipinski definition) is 5. The van der Waals surface area contributed by atoms with Gasteiger partial charge in [0.25, 0.3) is 5.91 Å². The van der Waals surface area contributed by atoms with Crippen LogP contribution >= 0.6 is 15.9 Å². The van der Waals surface area contributed by atoms with Gasteiger partial charge in [-0.25, -0.2) is 0 Å². The zero-order chi connectivity index (χ0) is 21.3. The van der Waals surface area contributed by atoms with Crippen molar-refractivity contribution in [1.29, 1.82) is 0 Å². The molecule has 1 aliphatic rings. The number of halogens is 1. The molecule has 0 radical (unpaired) electrons. The number of nitrogens with zero attached hydrogens (tertiary/aromatic N) is 1. The van der Waals surface area contributed by atoms with Crippen LogP contribution in [0.3, 0.4) is 0 Å². The number of rotatable bonds is 6. The molecule has 0 aliphatic carbocycles. The molecule has 7 heteroatoms. The summed E-state index contributed by atoms with van der Waals surface area (Å²) < 4.78 is 6.29. The topological polar surface area (TPSA) is 87.1 Å². The van der Waals surface area contributed by atoms with Gasteiger partial charge in [-0.15, -0.1) is 0 Å². The zero-order valence-corrected chi connectivity index (χ0v) is 17.9. The molecule has 1 heterocycles. The Morgan fingerprint density at radius 3 is 2.38 bits per heavy atom. The van der Waals surface area contributed by atoms with E-state index in [1.54, 1.807) is 62.4 Å². The summed E-state index contributed by atoms with van der Waals surface area (Å²) in [7, 11) is 1.50. The molecule has 1 unspecified atom stereocenters. The third-order valence-corrected chi connectivity index (χ3v) is 5.53. The number of carbonyl (C=O) groups is 2. The Bertz CT molecular complexity index is 981. The van der Waals surface area contributed by atoms with E-state index in [1.165, 1.54) is 12.0 Å². The lowest BCUT2D eigenvalue weighted by Crippen LogP contribution is -2.35. The van der Waals surface area contributed by atoms with Gasteiger partial charge in [0.05, 0.1) is 30.7 Å². The van der Waals surface area contributed by atoms with E-state index in [1.807, 2.05) is 0 Å². The smallest absolute Gasteiger partial charge is 0.294 e. The van der Waals surface area contributed by atoms with Gasteiger partial charge in [-0.1, -0.05) is 48.0 Å². The lowest BCUT2D eigenvalue weighted by atomic mass is 9.81. The predicted octanol–water partition coefficient (Wildman–Crippen LogP) is 3.95. The molecule has 0 bridgehead atoms. The summed E-state index contributed by atoms with van der Waals surface area (Å²) in [5.41, 5.74) is -0.140. The van der Waals surface area contributed by atoms with Crippen LogP contribution in [-0.4, -0.2) is 35.6 Å². The van der Waals surface area contributed by atoms with Crippen molar-refractivity contribution in [3.8, 4) is 5.75 Å². The van der Waals surface area contributed by atoms with Crippen molar-refractivity contribution in [3.05, 3.63) is 69.9 Å². The second-order valence-electron chi connectivity index (χ2n) is 7.43. The van der Waals surface area contributed by atoms with Crippen LogP contribution in [0.1, 0.15) is 25.5 Å². The van der Waals surface area contributed by atoms with Gasteiger partial charge < -0.3 is 14.9 Å². The van der Waals surface area contributed by atoms with Crippen LogP contribution < -0.4 is 9.64 Å². The first-order valence-electron chi connectivity index (χ1n) is 9.03. The normalized spacial score (nSPS) is 17.1. The second kappa shape index (κ2) is 8.00. The van der Waals surface area contributed by atoms with Crippen molar-refractivity contribution in [1.82, 2.24) is 0 Å². The van der Waals surface area contributed by atoms with Gasteiger partial charge in [0, 0.05) is 15.7 Å². The van der Waals surface area contributed by atoms with Crippen LogP contribution in [-0.2, 0) is 9.59 Å². The molecule has 0 saturated heterocycles. The molecule has 2 aromatic carbocycles. The maximum Gasteiger partial charge on any atom is 0.294 e. The first-order valence-corrected chi connectivity index (χ1v) is 9.83. The number of Topliss-reactive ketones (excluding diaryl/α,β-unsaturated/α-hetero) is 1. The fourth-order valence-corrected chi connectivity index (χ4v) is 3.59. The molecule has 0 spiro atoms. The molecule has 1 atom stereocenters. The maximum absolute atomic E-state index is 13.3. The van der Waals surface area contributed by atoms with Gasteiger partial charge in [-0.2, -0.15) is 0 Å². The van der Waals surface area contributed by atoms with Crippen molar-refractivity contribution < 1.29 is 24.5 Å². The lowest BCUT2D eigenvalue weighted by molar-refractivity contribution is -0.125. The van der Waals surface area contributed by atoms with Gasteiger partial charge in [0.2, 0.25) is 0 Å². The number of para-hydroxylation sites is 1. The Balaban J connectivity index is 2.24. The summed E-state index contributed by atoms with van der Waals surface area (Å²) in [6.45, 7) is 2.72. The monoisotopic (exact) mass is 459 g/mol. The maximum atomic E-state index is 13.3. The summed E-state index contributed by atoms with van der Waals surface area (Å²) in [6.07, 6.45) is 0. The van der Waals surface area contributed by atoms with E-state index >= 15 is 0 Å².